The highest BCUT2D eigenvalue weighted by molar-refractivity contribution is 9.10. The average Bonchev–Trinajstić information content (AvgIpc) is 2.87. The summed E-state index contributed by atoms with van der Waals surface area (Å²) >= 11 is 3.40. The molecule has 3 aromatic rings. The molecule has 0 aliphatic carbocycles. The normalized spacial score (nSPS) is 10.8. The van der Waals surface area contributed by atoms with Crippen molar-refractivity contribution in [2.75, 3.05) is 12.4 Å². The van der Waals surface area contributed by atoms with Crippen molar-refractivity contribution in [3.63, 3.8) is 0 Å². The number of methoxy groups -OCH3 is 1. The molecule has 0 spiro atoms. The summed E-state index contributed by atoms with van der Waals surface area (Å²) in [5.41, 5.74) is 2.77. The van der Waals surface area contributed by atoms with E-state index in [2.05, 4.69) is 31.2 Å². The molecule has 0 aliphatic heterocycles. The van der Waals surface area contributed by atoms with E-state index in [0.29, 0.717) is 5.82 Å². The summed E-state index contributed by atoms with van der Waals surface area (Å²) in [7, 11) is 1.65. The number of anilines is 2. The lowest BCUT2D eigenvalue weighted by atomic mass is 10.2. The van der Waals surface area contributed by atoms with Gasteiger partial charge in [0.1, 0.15) is 10.4 Å². The second-order valence-corrected chi connectivity index (χ2v) is 5.21. The number of hydrogen-bond donors (Lipinski definition) is 1. The molecule has 1 N–H and O–H groups in total. The van der Waals surface area contributed by atoms with Crippen molar-refractivity contribution in [3.8, 4) is 5.75 Å². The smallest absolute Gasteiger partial charge is 0.180 e. The predicted molar refractivity (Wildman–Crippen MR) is 81.7 cm³/mol. The lowest BCUT2D eigenvalue weighted by molar-refractivity contribution is 0.416. The van der Waals surface area contributed by atoms with Crippen molar-refractivity contribution in [1.29, 1.82) is 0 Å². The Morgan fingerprint density at radius 1 is 1.35 bits per heavy atom. The van der Waals surface area contributed by atoms with Crippen LogP contribution in [0.1, 0.15) is 5.56 Å². The van der Waals surface area contributed by atoms with E-state index in [4.69, 9.17) is 4.74 Å². The van der Waals surface area contributed by atoms with Gasteiger partial charge >= 0.3 is 0 Å². The Bertz CT molecular complexity index is 769. The summed E-state index contributed by atoms with van der Waals surface area (Å²) in [6.07, 6.45) is 5.48. The van der Waals surface area contributed by atoms with Crippen LogP contribution >= 0.6 is 15.9 Å². The van der Waals surface area contributed by atoms with Gasteiger partial charge in [-0.2, -0.15) is 0 Å². The average molecular weight is 333 g/mol. The molecule has 1 aromatic carbocycles. The highest BCUT2D eigenvalue weighted by atomic mass is 79.9. The van der Waals surface area contributed by atoms with Crippen LogP contribution in [0.5, 0.6) is 5.75 Å². The summed E-state index contributed by atoms with van der Waals surface area (Å²) in [4.78, 5) is 8.75. The monoisotopic (exact) mass is 332 g/mol. The van der Waals surface area contributed by atoms with Gasteiger partial charge in [0.25, 0.3) is 0 Å². The maximum atomic E-state index is 5.37. The van der Waals surface area contributed by atoms with Crippen LogP contribution in [0.4, 0.5) is 11.5 Å². The van der Waals surface area contributed by atoms with Gasteiger partial charge in [0, 0.05) is 18.6 Å². The molecule has 0 aliphatic rings. The van der Waals surface area contributed by atoms with E-state index in [-0.39, 0.29) is 0 Å². The Labute approximate surface area is 124 Å². The SMILES string of the molecule is COc1ccc(C)cc1Nc1nc(Br)cn2ccnc12. The third kappa shape index (κ3) is 2.34. The summed E-state index contributed by atoms with van der Waals surface area (Å²) in [6, 6.07) is 5.95. The van der Waals surface area contributed by atoms with Gasteiger partial charge in [-0.15, -0.1) is 0 Å². The molecule has 6 heteroatoms. The third-order valence-corrected chi connectivity index (χ3v) is 3.33. The number of rotatable bonds is 3. The zero-order valence-electron chi connectivity index (χ0n) is 11.1. The van der Waals surface area contributed by atoms with Gasteiger partial charge < -0.3 is 14.5 Å². The van der Waals surface area contributed by atoms with E-state index in [9.17, 15) is 0 Å². The first-order valence-corrected chi connectivity index (χ1v) is 6.87. The van der Waals surface area contributed by atoms with E-state index in [0.717, 1.165) is 27.3 Å². The largest absolute Gasteiger partial charge is 0.495 e. The molecule has 0 radical (unpaired) electrons. The molecule has 0 fully saturated rings. The van der Waals surface area contributed by atoms with Crippen molar-refractivity contribution in [1.82, 2.24) is 14.4 Å². The molecule has 3 rings (SSSR count). The minimum Gasteiger partial charge on any atom is -0.495 e. The molecule has 0 amide bonds. The van der Waals surface area contributed by atoms with Gasteiger partial charge in [0.05, 0.1) is 12.8 Å². The second kappa shape index (κ2) is 5.13. The van der Waals surface area contributed by atoms with Gasteiger partial charge in [-0.05, 0) is 40.5 Å². The molecule has 2 heterocycles. The second-order valence-electron chi connectivity index (χ2n) is 4.40. The fourth-order valence-electron chi connectivity index (χ4n) is 2.03. The molecule has 0 unspecified atom stereocenters. The molecule has 0 saturated carbocycles. The van der Waals surface area contributed by atoms with Crippen LogP contribution in [-0.2, 0) is 0 Å². The number of aryl methyl sites for hydroxylation is 1. The number of halogens is 1. The topological polar surface area (TPSA) is 51.5 Å². The number of ether oxygens (including phenoxy) is 1. The molecule has 20 heavy (non-hydrogen) atoms. The first kappa shape index (κ1) is 12.9. The van der Waals surface area contributed by atoms with Gasteiger partial charge in [-0.25, -0.2) is 9.97 Å². The Kier molecular flexibility index (Phi) is 3.31. The molecule has 5 nitrogen and oxygen atoms in total. The highest BCUT2D eigenvalue weighted by Crippen LogP contribution is 2.29. The molecule has 0 bridgehead atoms. The fraction of sp³-hybridized carbons (Fsp3) is 0.143. The van der Waals surface area contributed by atoms with Crippen molar-refractivity contribution in [3.05, 3.63) is 47.0 Å². The molecule has 0 saturated heterocycles. The summed E-state index contributed by atoms with van der Waals surface area (Å²) < 4.78 is 8.01. The number of fused-ring (bicyclic) bond motifs is 1. The Balaban J connectivity index is 2.09. The molecule has 2 aromatic heterocycles. The van der Waals surface area contributed by atoms with Gasteiger partial charge in [-0.1, -0.05) is 6.07 Å². The van der Waals surface area contributed by atoms with E-state index >= 15 is 0 Å². The first-order chi connectivity index (χ1) is 9.67. The summed E-state index contributed by atoms with van der Waals surface area (Å²) in [5, 5.41) is 3.28. The van der Waals surface area contributed by atoms with Crippen LogP contribution in [0.25, 0.3) is 5.65 Å². The van der Waals surface area contributed by atoms with E-state index in [1.54, 1.807) is 13.3 Å². The van der Waals surface area contributed by atoms with Gasteiger partial charge in [0.2, 0.25) is 0 Å². The molecule has 102 valence electrons. The number of imidazole rings is 1. The Morgan fingerprint density at radius 2 is 2.20 bits per heavy atom. The van der Waals surface area contributed by atoms with Crippen LogP contribution in [0.15, 0.2) is 41.4 Å². The van der Waals surface area contributed by atoms with E-state index < -0.39 is 0 Å². The fourth-order valence-corrected chi connectivity index (χ4v) is 2.43. The number of hydrogen-bond acceptors (Lipinski definition) is 4. The van der Waals surface area contributed by atoms with Gasteiger partial charge in [-0.3, -0.25) is 0 Å². The zero-order chi connectivity index (χ0) is 14.1. The Hall–Kier alpha value is -2.08. The van der Waals surface area contributed by atoms with Crippen LogP contribution in [0.2, 0.25) is 0 Å². The molecular formula is C14H13BrN4O. The summed E-state index contributed by atoms with van der Waals surface area (Å²) in [6.45, 7) is 2.03. The van der Waals surface area contributed by atoms with Gasteiger partial charge in [0.15, 0.2) is 11.5 Å². The quantitative estimate of drug-likeness (QED) is 0.796. The minimum absolute atomic E-state index is 0.674. The lowest BCUT2D eigenvalue weighted by Crippen LogP contribution is -2.00. The van der Waals surface area contributed by atoms with Crippen molar-refractivity contribution >= 4 is 33.1 Å². The maximum Gasteiger partial charge on any atom is 0.180 e. The lowest BCUT2D eigenvalue weighted by Gasteiger charge is -2.12. The highest BCUT2D eigenvalue weighted by Gasteiger charge is 2.10. The maximum absolute atomic E-state index is 5.37. The van der Waals surface area contributed by atoms with Crippen LogP contribution in [-0.4, -0.2) is 21.5 Å². The minimum atomic E-state index is 0.674. The van der Waals surface area contributed by atoms with E-state index in [1.165, 1.54) is 0 Å². The van der Waals surface area contributed by atoms with Crippen molar-refractivity contribution in [2.24, 2.45) is 0 Å². The third-order valence-electron chi connectivity index (χ3n) is 2.95. The number of nitrogens with one attached hydrogen (secondary N) is 1. The van der Waals surface area contributed by atoms with Crippen LogP contribution in [0, 0.1) is 6.92 Å². The number of nitrogens with zero attached hydrogens (tertiary/aromatic N) is 3. The predicted octanol–water partition coefficient (Wildman–Crippen LogP) is 3.55. The molecular weight excluding hydrogens is 320 g/mol. The standard InChI is InChI=1S/C14H13BrN4O/c1-9-3-4-11(20-2)10(7-9)17-13-14-16-5-6-19(14)8-12(15)18-13/h3-8H,1-2H3,(H,17,18). The van der Waals surface area contributed by atoms with Crippen molar-refractivity contribution < 1.29 is 4.74 Å². The molecule has 0 atom stereocenters. The zero-order valence-corrected chi connectivity index (χ0v) is 12.7. The number of benzene rings is 1. The van der Waals surface area contributed by atoms with Crippen LogP contribution < -0.4 is 10.1 Å². The van der Waals surface area contributed by atoms with Crippen molar-refractivity contribution in [2.45, 2.75) is 6.92 Å². The Morgan fingerprint density at radius 3 is 3.00 bits per heavy atom. The first-order valence-electron chi connectivity index (χ1n) is 6.08. The van der Waals surface area contributed by atoms with Crippen LogP contribution in [0.3, 0.4) is 0 Å². The number of aromatic nitrogens is 3. The summed E-state index contributed by atoms with van der Waals surface area (Å²) in [5.74, 6) is 1.44. The van der Waals surface area contributed by atoms with E-state index in [1.807, 2.05) is 41.9 Å².